The maximum absolute atomic E-state index is 11.8. The molecule has 1 aliphatic carbocycles. The molecule has 0 spiro atoms. The second kappa shape index (κ2) is 7.09. The minimum atomic E-state index is -0.962. The number of pyridine rings is 1. The van der Waals surface area contributed by atoms with Crippen LogP contribution in [0.5, 0.6) is 0 Å². The van der Waals surface area contributed by atoms with Crippen LogP contribution in [0.15, 0.2) is 73.1 Å². The first-order chi connectivity index (χ1) is 14.2. The monoisotopic (exact) mass is 383 g/mol. The van der Waals surface area contributed by atoms with Crippen LogP contribution in [0.4, 0.5) is 11.5 Å². The predicted molar refractivity (Wildman–Crippen MR) is 114 cm³/mol. The van der Waals surface area contributed by atoms with Gasteiger partial charge in [0.05, 0.1) is 5.52 Å². The molecule has 29 heavy (non-hydrogen) atoms. The fraction of sp³-hybridized carbons (Fsp3) is 0.167. The number of carboxylic acids is 1. The zero-order valence-corrected chi connectivity index (χ0v) is 15.9. The number of anilines is 2. The lowest BCUT2D eigenvalue weighted by molar-refractivity contribution is 0.0697. The fourth-order valence-electron chi connectivity index (χ4n) is 3.76. The van der Waals surface area contributed by atoms with E-state index in [1.165, 1.54) is 5.56 Å². The predicted octanol–water partition coefficient (Wildman–Crippen LogP) is 5.40. The molecule has 144 valence electrons. The van der Waals surface area contributed by atoms with Crippen LogP contribution in [0.25, 0.3) is 10.9 Å². The number of carbonyl (C=O) groups is 1. The summed E-state index contributed by atoms with van der Waals surface area (Å²) in [5.74, 6) is -0.119. The van der Waals surface area contributed by atoms with Crippen LogP contribution in [0.1, 0.15) is 40.2 Å². The van der Waals surface area contributed by atoms with Crippen molar-refractivity contribution in [1.29, 1.82) is 0 Å². The molecule has 2 aromatic carbocycles. The SMILES string of the molecule is O=C(O)c1cc(C2CC2)cnc1Nc1cccc2c1ccn2Cc1ccccc1. The van der Waals surface area contributed by atoms with Crippen molar-refractivity contribution in [3.8, 4) is 0 Å². The first kappa shape index (κ1) is 17.5. The summed E-state index contributed by atoms with van der Waals surface area (Å²) in [4.78, 5) is 16.2. The minimum Gasteiger partial charge on any atom is -0.478 e. The molecule has 0 aliphatic heterocycles. The van der Waals surface area contributed by atoms with E-state index in [4.69, 9.17) is 0 Å². The number of aromatic nitrogens is 2. The van der Waals surface area contributed by atoms with Gasteiger partial charge in [0.15, 0.2) is 0 Å². The zero-order valence-electron chi connectivity index (χ0n) is 15.9. The number of rotatable bonds is 6. The molecule has 0 bridgehead atoms. The van der Waals surface area contributed by atoms with Crippen molar-refractivity contribution >= 4 is 28.4 Å². The molecule has 2 aromatic heterocycles. The van der Waals surface area contributed by atoms with Crippen LogP contribution in [0.2, 0.25) is 0 Å². The first-order valence-electron chi connectivity index (χ1n) is 9.81. The summed E-state index contributed by atoms with van der Waals surface area (Å²) in [6, 6.07) is 20.1. The van der Waals surface area contributed by atoms with Gasteiger partial charge in [-0.15, -0.1) is 0 Å². The molecule has 0 saturated heterocycles. The van der Waals surface area contributed by atoms with Crippen molar-refractivity contribution in [1.82, 2.24) is 9.55 Å². The lowest BCUT2D eigenvalue weighted by Crippen LogP contribution is -2.06. The Morgan fingerprint density at radius 2 is 1.93 bits per heavy atom. The lowest BCUT2D eigenvalue weighted by Gasteiger charge is -2.12. The van der Waals surface area contributed by atoms with E-state index in [0.717, 1.165) is 41.5 Å². The maximum Gasteiger partial charge on any atom is 0.339 e. The molecule has 5 heteroatoms. The summed E-state index contributed by atoms with van der Waals surface area (Å²) >= 11 is 0. The fourth-order valence-corrected chi connectivity index (χ4v) is 3.76. The Bertz CT molecular complexity index is 1190. The summed E-state index contributed by atoms with van der Waals surface area (Å²) in [7, 11) is 0. The Morgan fingerprint density at radius 3 is 2.69 bits per heavy atom. The van der Waals surface area contributed by atoms with Gasteiger partial charge in [-0.1, -0.05) is 36.4 Å². The zero-order chi connectivity index (χ0) is 19.8. The van der Waals surface area contributed by atoms with Gasteiger partial charge in [-0.05, 0) is 54.2 Å². The van der Waals surface area contributed by atoms with Crippen molar-refractivity contribution < 1.29 is 9.90 Å². The molecule has 1 saturated carbocycles. The van der Waals surface area contributed by atoms with E-state index < -0.39 is 5.97 Å². The van der Waals surface area contributed by atoms with E-state index in [0.29, 0.717) is 11.7 Å². The van der Waals surface area contributed by atoms with E-state index in [2.05, 4.69) is 45.3 Å². The highest BCUT2D eigenvalue weighted by molar-refractivity contribution is 5.98. The van der Waals surface area contributed by atoms with Gasteiger partial charge in [-0.3, -0.25) is 0 Å². The lowest BCUT2D eigenvalue weighted by atomic mass is 10.1. The molecular weight excluding hydrogens is 362 g/mol. The van der Waals surface area contributed by atoms with Gasteiger partial charge < -0.3 is 15.0 Å². The number of benzene rings is 2. The standard InChI is InChI=1S/C24H21N3O2/c28-24(29)20-13-18(17-9-10-17)14-25-23(20)26-21-7-4-8-22-19(21)11-12-27(22)15-16-5-2-1-3-6-16/h1-8,11-14,17H,9-10,15H2,(H,25,26)(H,28,29). The molecule has 4 aromatic rings. The van der Waals surface area contributed by atoms with Crippen molar-refractivity contribution in [3.63, 3.8) is 0 Å². The van der Waals surface area contributed by atoms with E-state index in [9.17, 15) is 9.90 Å². The third-order valence-electron chi connectivity index (χ3n) is 5.45. The van der Waals surface area contributed by atoms with Gasteiger partial charge in [0.25, 0.3) is 0 Å². The van der Waals surface area contributed by atoms with Crippen LogP contribution in [0.3, 0.4) is 0 Å². The quantitative estimate of drug-likeness (QED) is 0.468. The summed E-state index contributed by atoms with van der Waals surface area (Å²) in [5.41, 5.74) is 4.40. The second-order valence-corrected chi connectivity index (χ2v) is 7.54. The van der Waals surface area contributed by atoms with Crippen LogP contribution in [0, 0.1) is 0 Å². The maximum atomic E-state index is 11.8. The molecule has 5 rings (SSSR count). The van der Waals surface area contributed by atoms with E-state index in [1.54, 1.807) is 12.3 Å². The summed E-state index contributed by atoms with van der Waals surface area (Å²) in [5, 5.41) is 14.0. The molecule has 2 heterocycles. The Morgan fingerprint density at radius 1 is 1.10 bits per heavy atom. The second-order valence-electron chi connectivity index (χ2n) is 7.54. The molecule has 0 unspecified atom stereocenters. The van der Waals surface area contributed by atoms with Crippen LogP contribution >= 0.6 is 0 Å². The first-order valence-corrected chi connectivity index (χ1v) is 9.81. The summed E-state index contributed by atoms with van der Waals surface area (Å²) in [6.45, 7) is 0.780. The third kappa shape index (κ3) is 3.47. The van der Waals surface area contributed by atoms with Gasteiger partial charge in [0, 0.05) is 30.0 Å². The molecule has 0 amide bonds. The molecule has 2 N–H and O–H groups in total. The van der Waals surface area contributed by atoms with Crippen molar-refractivity contribution in [2.75, 3.05) is 5.32 Å². The van der Waals surface area contributed by atoms with Gasteiger partial charge in [-0.2, -0.15) is 0 Å². The van der Waals surface area contributed by atoms with Crippen LogP contribution in [-0.4, -0.2) is 20.6 Å². The van der Waals surface area contributed by atoms with Gasteiger partial charge in [-0.25, -0.2) is 9.78 Å². The highest BCUT2D eigenvalue weighted by Crippen LogP contribution is 2.40. The van der Waals surface area contributed by atoms with Gasteiger partial charge >= 0.3 is 5.97 Å². The Hall–Kier alpha value is -3.60. The molecule has 1 fully saturated rings. The smallest absolute Gasteiger partial charge is 0.339 e. The Balaban J connectivity index is 1.49. The van der Waals surface area contributed by atoms with Crippen molar-refractivity contribution in [3.05, 3.63) is 89.7 Å². The Labute approximate surface area is 168 Å². The van der Waals surface area contributed by atoms with E-state index >= 15 is 0 Å². The molecule has 0 atom stereocenters. The number of nitrogens with one attached hydrogen (secondary N) is 1. The normalized spacial score (nSPS) is 13.5. The van der Waals surface area contributed by atoms with E-state index in [-0.39, 0.29) is 5.56 Å². The summed E-state index contributed by atoms with van der Waals surface area (Å²) < 4.78 is 2.19. The number of nitrogens with zero attached hydrogens (tertiary/aromatic N) is 2. The number of hydrogen-bond donors (Lipinski definition) is 2. The van der Waals surface area contributed by atoms with Crippen molar-refractivity contribution in [2.45, 2.75) is 25.3 Å². The highest BCUT2D eigenvalue weighted by atomic mass is 16.4. The third-order valence-corrected chi connectivity index (χ3v) is 5.45. The van der Waals surface area contributed by atoms with Crippen LogP contribution < -0.4 is 5.32 Å². The average Bonchev–Trinajstić information content (AvgIpc) is 3.51. The van der Waals surface area contributed by atoms with Crippen LogP contribution in [-0.2, 0) is 6.54 Å². The molecule has 1 aliphatic rings. The highest BCUT2D eigenvalue weighted by Gasteiger charge is 2.26. The number of fused-ring (bicyclic) bond motifs is 1. The number of aromatic carboxylic acids is 1. The van der Waals surface area contributed by atoms with Crippen molar-refractivity contribution in [2.24, 2.45) is 0 Å². The molecule has 0 radical (unpaired) electrons. The molecular formula is C24H21N3O2. The average molecular weight is 383 g/mol. The minimum absolute atomic E-state index is 0.218. The topological polar surface area (TPSA) is 67.2 Å². The van der Waals surface area contributed by atoms with Gasteiger partial charge in [0.2, 0.25) is 0 Å². The molecule has 5 nitrogen and oxygen atoms in total. The number of carboxylic acid groups (broad SMARTS) is 1. The summed E-state index contributed by atoms with van der Waals surface area (Å²) in [6.07, 6.45) is 6.08. The number of hydrogen-bond acceptors (Lipinski definition) is 3. The van der Waals surface area contributed by atoms with E-state index in [1.807, 2.05) is 30.3 Å². The largest absolute Gasteiger partial charge is 0.478 e. The Kier molecular flexibility index (Phi) is 4.28. The van der Waals surface area contributed by atoms with Gasteiger partial charge in [0.1, 0.15) is 11.4 Å².